The Kier molecular flexibility index (Phi) is 3.63. The van der Waals surface area contributed by atoms with E-state index < -0.39 is 0 Å². The Labute approximate surface area is 129 Å². The molecule has 0 aliphatic heterocycles. The molecule has 1 aromatic carbocycles. The quantitative estimate of drug-likeness (QED) is 0.770. The van der Waals surface area contributed by atoms with Gasteiger partial charge < -0.3 is 10.7 Å². The number of pyridine rings is 1. The van der Waals surface area contributed by atoms with E-state index in [9.17, 15) is 5.26 Å². The van der Waals surface area contributed by atoms with Gasteiger partial charge >= 0.3 is 0 Å². The highest BCUT2D eigenvalue weighted by atomic mass is 14.9. The van der Waals surface area contributed by atoms with Crippen LogP contribution < -0.4 is 5.73 Å². The van der Waals surface area contributed by atoms with Crippen LogP contribution in [-0.2, 0) is 6.42 Å². The van der Waals surface area contributed by atoms with Gasteiger partial charge in [0.25, 0.3) is 0 Å². The van der Waals surface area contributed by atoms with Crippen molar-refractivity contribution in [1.82, 2.24) is 9.97 Å². The normalized spacial score (nSPS) is 10.4. The van der Waals surface area contributed by atoms with Crippen LogP contribution in [0.2, 0.25) is 0 Å². The summed E-state index contributed by atoms with van der Waals surface area (Å²) in [5, 5.41) is 9.50. The zero-order chi connectivity index (χ0) is 15.5. The van der Waals surface area contributed by atoms with Gasteiger partial charge in [0.2, 0.25) is 0 Å². The van der Waals surface area contributed by atoms with Crippen LogP contribution in [0, 0.1) is 11.3 Å². The highest BCUT2D eigenvalue weighted by molar-refractivity contribution is 5.83. The van der Waals surface area contributed by atoms with Crippen molar-refractivity contribution >= 4 is 5.82 Å². The Morgan fingerprint density at radius 1 is 1.18 bits per heavy atom. The SMILES string of the molecule is CCc1c(-c2ccccc2)nc(N)c(C#N)c1-c1ccc[nH]1. The van der Waals surface area contributed by atoms with Crippen LogP contribution in [0.5, 0.6) is 0 Å². The van der Waals surface area contributed by atoms with Crippen LogP contribution in [-0.4, -0.2) is 9.97 Å². The van der Waals surface area contributed by atoms with E-state index in [0.717, 1.165) is 34.5 Å². The van der Waals surface area contributed by atoms with Crippen molar-refractivity contribution in [3.05, 3.63) is 59.8 Å². The predicted molar refractivity (Wildman–Crippen MR) is 88.0 cm³/mol. The van der Waals surface area contributed by atoms with Crippen molar-refractivity contribution in [3.8, 4) is 28.6 Å². The predicted octanol–water partition coefficient (Wildman–Crippen LogP) is 3.76. The summed E-state index contributed by atoms with van der Waals surface area (Å²) in [6, 6.07) is 16.0. The first-order valence-corrected chi connectivity index (χ1v) is 7.17. The van der Waals surface area contributed by atoms with Gasteiger partial charge in [-0.3, -0.25) is 0 Å². The molecule has 2 heterocycles. The molecule has 3 rings (SSSR count). The van der Waals surface area contributed by atoms with Gasteiger partial charge in [-0.15, -0.1) is 0 Å². The van der Waals surface area contributed by atoms with Gasteiger partial charge in [0.1, 0.15) is 17.5 Å². The van der Waals surface area contributed by atoms with Crippen molar-refractivity contribution in [2.75, 3.05) is 5.73 Å². The molecule has 4 nitrogen and oxygen atoms in total. The fourth-order valence-electron chi connectivity index (χ4n) is 2.72. The smallest absolute Gasteiger partial charge is 0.142 e. The van der Waals surface area contributed by atoms with Gasteiger partial charge in [-0.25, -0.2) is 4.98 Å². The maximum atomic E-state index is 9.50. The molecule has 0 bridgehead atoms. The summed E-state index contributed by atoms with van der Waals surface area (Å²) in [5.74, 6) is 0.267. The van der Waals surface area contributed by atoms with E-state index in [1.54, 1.807) is 0 Å². The molecule has 0 atom stereocenters. The van der Waals surface area contributed by atoms with Crippen LogP contribution >= 0.6 is 0 Å². The van der Waals surface area contributed by atoms with Crippen LogP contribution in [0.3, 0.4) is 0 Å². The largest absolute Gasteiger partial charge is 0.383 e. The number of aromatic nitrogens is 2. The summed E-state index contributed by atoms with van der Waals surface area (Å²) in [5.41, 5.74) is 11.1. The van der Waals surface area contributed by atoms with Gasteiger partial charge in [-0.05, 0) is 24.1 Å². The molecule has 0 amide bonds. The summed E-state index contributed by atoms with van der Waals surface area (Å²) in [4.78, 5) is 7.67. The lowest BCUT2D eigenvalue weighted by atomic mass is 9.93. The minimum absolute atomic E-state index is 0.267. The first-order valence-electron chi connectivity index (χ1n) is 7.17. The average Bonchev–Trinajstić information content (AvgIpc) is 3.08. The van der Waals surface area contributed by atoms with Crippen molar-refractivity contribution < 1.29 is 0 Å². The van der Waals surface area contributed by atoms with E-state index in [1.807, 2.05) is 48.7 Å². The summed E-state index contributed by atoms with van der Waals surface area (Å²) >= 11 is 0. The first kappa shape index (κ1) is 13.9. The monoisotopic (exact) mass is 288 g/mol. The highest BCUT2D eigenvalue weighted by Gasteiger charge is 2.20. The van der Waals surface area contributed by atoms with E-state index in [1.165, 1.54) is 0 Å². The van der Waals surface area contributed by atoms with E-state index in [2.05, 4.69) is 23.0 Å². The average molecular weight is 288 g/mol. The van der Waals surface area contributed by atoms with E-state index in [4.69, 9.17) is 5.73 Å². The fraction of sp³-hybridized carbons (Fsp3) is 0.111. The number of aromatic amines is 1. The second kappa shape index (κ2) is 5.74. The molecule has 2 aromatic heterocycles. The number of nitrogens with zero attached hydrogens (tertiary/aromatic N) is 2. The van der Waals surface area contributed by atoms with E-state index in [0.29, 0.717) is 5.56 Å². The first-order chi connectivity index (χ1) is 10.8. The maximum Gasteiger partial charge on any atom is 0.142 e. The number of benzene rings is 1. The minimum Gasteiger partial charge on any atom is -0.383 e. The molecule has 3 N–H and O–H groups in total. The molecule has 0 aliphatic rings. The third kappa shape index (κ3) is 2.23. The third-order valence-electron chi connectivity index (χ3n) is 3.71. The standard InChI is InChI=1S/C18H16N4/c1-2-13-16(15-9-6-10-21-15)14(11-19)18(20)22-17(13)12-7-4-3-5-8-12/h3-10,21H,2H2,1H3,(H2,20,22). The van der Waals surface area contributed by atoms with Gasteiger partial charge in [-0.2, -0.15) is 5.26 Å². The Morgan fingerprint density at radius 3 is 2.55 bits per heavy atom. The number of anilines is 1. The summed E-state index contributed by atoms with van der Waals surface area (Å²) in [7, 11) is 0. The van der Waals surface area contributed by atoms with Crippen LogP contribution in [0.1, 0.15) is 18.1 Å². The zero-order valence-electron chi connectivity index (χ0n) is 12.3. The van der Waals surface area contributed by atoms with Gasteiger partial charge in [0.05, 0.1) is 5.69 Å². The topological polar surface area (TPSA) is 78.5 Å². The molecule has 0 aliphatic carbocycles. The number of nitrogen functional groups attached to an aromatic ring is 1. The third-order valence-corrected chi connectivity index (χ3v) is 3.71. The van der Waals surface area contributed by atoms with Crippen molar-refractivity contribution in [2.45, 2.75) is 13.3 Å². The Bertz CT molecular complexity index is 828. The number of nitriles is 1. The number of H-pyrrole nitrogens is 1. The fourth-order valence-corrected chi connectivity index (χ4v) is 2.72. The van der Waals surface area contributed by atoms with Gasteiger partial charge in [0.15, 0.2) is 0 Å². The number of hydrogen-bond acceptors (Lipinski definition) is 3. The molecule has 0 saturated heterocycles. The van der Waals surface area contributed by atoms with Crippen LogP contribution in [0.25, 0.3) is 22.5 Å². The number of rotatable bonds is 3. The lowest BCUT2D eigenvalue weighted by Crippen LogP contribution is -2.05. The molecule has 0 unspecified atom stereocenters. The van der Waals surface area contributed by atoms with Gasteiger partial charge in [0, 0.05) is 23.0 Å². The van der Waals surface area contributed by atoms with Crippen LogP contribution in [0.4, 0.5) is 5.82 Å². The molecule has 22 heavy (non-hydrogen) atoms. The number of nitrogens with one attached hydrogen (secondary N) is 1. The minimum atomic E-state index is 0.267. The molecule has 0 saturated carbocycles. The van der Waals surface area contributed by atoms with Crippen molar-refractivity contribution in [2.24, 2.45) is 0 Å². The second-order valence-electron chi connectivity index (χ2n) is 4.99. The summed E-state index contributed by atoms with van der Waals surface area (Å²) < 4.78 is 0. The number of nitrogens with two attached hydrogens (primary N) is 1. The molecule has 3 aromatic rings. The zero-order valence-corrected chi connectivity index (χ0v) is 12.3. The summed E-state index contributed by atoms with van der Waals surface area (Å²) in [6.45, 7) is 2.06. The maximum absolute atomic E-state index is 9.50. The second-order valence-corrected chi connectivity index (χ2v) is 4.99. The van der Waals surface area contributed by atoms with Crippen molar-refractivity contribution in [1.29, 1.82) is 5.26 Å². The molecule has 0 fully saturated rings. The Morgan fingerprint density at radius 2 is 1.95 bits per heavy atom. The molecule has 108 valence electrons. The summed E-state index contributed by atoms with van der Waals surface area (Å²) in [6.07, 6.45) is 2.61. The van der Waals surface area contributed by atoms with Crippen molar-refractivity contribution in [3.63, 3.8) is 0 Å². The van der Waals surface area contributed by atoms with E-state index in [-0.39, 0.29) is 5.82 Å². The van der Waals surface area contributed by atoms with Gasteiger partial charge in [-0.1, -0.05) is 37.3 Å². The Balaban J connectivity index is 2.37. The number of hydrogen-bond donors (Lipinski definition) is 2. The Hall–Kier alpha value is -3.06. The lowest BCUT2D eigenvalue weighted by Gasteiger charge is -2.15. The molecular formula is C18H16N4. The molecular weight excluding hydrogens is 272 g/mol. The molecule has 0 radical (unpaired) electrons. The molecule has 0 spiro atoms. The lowest BCUT2D eigenvalue weighted by molar-refractivity contribution is 1.10. The van der Waals surface area contributed by atoms with Crippen LogP contribution in [0.15, 0.2) is 48.7 Å². The van der Waals surface area contributed by atoms with E-state index >= 15 is 0 Å². The highest BCUT2D eigenvalue weighted by Crippen LogP contribution is 2.35. The molecule has 4 heteroatoms.